The zero-order valence-corrected chi connectivity index (χ0v) is 12.2. The van der Waals surface area contributed by atoms with E-state index in [0.29, 0.717) is 11.9 Å². The van der Waals surface area contributed by atoms with Gasteiger partial charge in [0.2, 0.25) is 5.91 Å². The molecule has 1 atom stereocenters. The van der Waals surface area contributed by atoms with Gasteiger partial charge in [0, 0.05) is 25.6 Å². The van der Waals surface area contributed by atoms with Crippen LogP contribution in [0, 0.1) is 0 Å². The fraction of sp³-hybridized carbons (Fsp3) is 0.933. The molecule has 3 heteroatoms. The van der Waals surface area contributed by atoms with Gasteiger partial charge < -0.3 is 10.2 Å². The lowest BCUT2D eigenvalue weighted by Gasteiger charge is -2.21. The van der Waals surface area contributed by atoms with Gasteiger partial charge in [0.15, 0.2) is 0 Å². The van der Waals surface area contributed by atoms with Crippen molar-refractivity contribution in [2.24, 2.45) is 0 Å². The molecule has 1 rings (SSSR count). The van der Waals surface area contributed by atoms with Gasteiger partial charge in [-0.05, 0) is 26.3 Å². The largest absolute Gasteiger partial charge is 0.341 e. The van der Waals surface area contributed by atoms with Gasteiger partial charge in [-0.25, -0.2) is 0 Å². The number of hydrogen-bond donors (Lipinski definition) is 1. The van der Waals surface area contributed by atoms with Crippen molar-refractivity contribution in [1.82, 2.24) is 10.2 Å². The Hall–Kier alpha value is -0.570. The highest BCUT2D eigenvalue weighted by Gasteiger charge is 2.21. The van der Waals surface area contributed by atoms with Crippen molar-refractivity contribution in [1.29, 1.82) is 0 Å². The SMILES string of the molecule is CCCCCCCCNC(C)CN1CCCC1=O. The summed E-state index contributed by atoms with van der Waals surface area (Å²) in [5, 5.41) is 3.53. The van der Waals surface area contributed by atoms with Gasteiger partial charge in [-0.3, -0.25) is 4.79 Å². The van der Waals surface area contributed by atoms with E-state index in [9.17, 15) is 4.79 Å². The summed E-state index contributed by atoms with van der Waals surface area (Å²) in [6.07, 6.45) is 9.85. The number of unbranched alkanes of at least 4 members (excludes halogenated alkanes) is 5. The number of hydrogen-bond acceptors (Lipinski definition) is 2. The van der Waals surface area contributed by atoms with Crippen LogP contribution in [0.3, 0.4) is 0 Å². The van der Waals surface area contributed by atoms with E-state index >= 15 is 0 Å². The minimum absolute atomic E-state index is 0.336. The summed E-state index contributed by atoms with van der Waals surface area (Å²) >= 11 is 0. The first-order valence-electron chi connectivity index (χ1n) is 7.75. The van der Waals surface area contributed by atoms with Gasteiger partial charge in [0.25, 0.3) is 0 Å². The van der Waals surface area contributed by atoms with Crippen LogP contribution < -0.4 is 5.32 Å². The highest BCUT2D eigenvalue weighted by Crippen LogP contribution is 2.10. The second-order valence-corrected chi connectivity index (χ2v) is 5.57. The lowest BCUT2D eigenvalue weighted by Crippen LogP contribution is -2.40. The standard InChI is InChI=1S/C15H30N2O/c1-3-4-5-6-7-8-11-16-14(2)13-17-12-9-10-15(17)18/h14,16H,3-13H2,1-2H3. The van der Waals surface area contributed by atoms with E-state index in [2.05, 4.69) is 19.2 Å². The molecule has 1 N–H and O–H groups in total. The van der Waals surface area contributed by atoms with Crippen molar-refractivity contribution in [3.05, 3.63) is 0 Å². The average Bonchev–Trinajstić information content (AvgIpc) is 2.74. The predicted octanol–water partition coefficient (Wildman–Crippen LogP) is 2.95. The fourth-order valence-corrected chi connectivity index (χ4v) is 2.55. The fourth-order valence-electron chi connectivity index (χ4n) is 2.55. The summed E-state index contributed by atoms with van der Waals surface area (Å²) in [4.78, 5) is 13.5. The Morgan fingerprint density at radius 2 is 1.94 bits per heavy atom. The van der Waals surface area contributed by atoms with Crippen LogP contribution >= 0.6 is 0 Å². The van der Waals surface area contributed by atoms with Crippen LogP contribution in [-0.4, -0.2) is 36.5 Å². The first kappa shape index (κ1) is 15.5. The Morgan fingerprint density at radius 1 is 1.22 bits per heavy atom. The van der Waals surface area contributed by atoms with Gasteiger partial charge in [0.1, 0.15) is 0 Å². The highest BCUT2D eigenvalue weighted by atomic mass is 16.2. The van der Waals surface area contributed by atoms with Crippen LogP contribution in [0.1, 0.15) is 65.2 Å². The zero-order chi connectivity index (χ0) is 13.2. The topological polar surface area (TPSA) is 32.3 Å². The monoisotopic (exact) mass is 254 g/mol. The molecule has 1 aliphatic rings. The summed E-state index contributed by atoms with van der Waals surface area (Å²) in [6.45, 7) is 7.37. The molecule has 0 spiro atoms. The molecule has 3 nitrogen and oxygen atoms in total. The van der Waals surface area contributed by atoms with Crippen molar-refractivity contribution >= 4 is 5.91 Å². The summed E-state index contributed by atoms with van der Waals surface area (Å²) in [5.41, 5.74) is 0. The molecule has 1 amide bonds. The van der Waals surface area contributed by atoms with Crippen molar-refractivity contribution in [3.63, 3.8) is 0 Å². The number of carbonyl (C=O) groups is 1. The molecule has 1 heterocycles. The second-order valence-electron chi connectivity index (χ2n) is 5.57. The Labute approximate surface area is 112 Å². The van der Waals surface area contributed by atoms with Crippen LogP contribution in [-0.2, 0) is 4.79 Å². The van der Waals surface area contributed by atoms with E-state index in [1.807, 2.05) is 4.90 Å². The molecular formula is C15H30N2O. The van der Waals surface area contributed by atoms with Gasteiger partial charge in [-0.15, -0.1) is 0 Å². The Balaban J connectivity index is 1.93. The molecule has 0 aromatic carbocycles. The number of likely N-dealkylation sites (tertiary alicyclic amines) is 1. The molecule has 0 aliphatic carbocycles. The summed E-state index contributed by atoms with van der Waals surface area (Å²) in [6, 6.07) is 0.433. The molecule has 1 saturated heterocycles. The van der Waals surface area contributed by atoms with Crippen LogP contribution in [0.15, 0.2) is 0 Å². The third-order valence-electron chi connectivity index (χ3n) is 3.69. The van der Waals surface area contributed by atoms with Crippen molar-refractivity contribution in [3.8, 4) is 0 Å². The summed E-state index contributed by atoms with van der Waals surface area (Å²) in [5.74, 6) is 0.336. The molecular weight excluding hydrogens is 224 g/mol. The van der Waals surface area contributed by atoms with Gasteiger partial charge in [0.05, 0.1) is 0 Å². The number of carbonyl (C=O) groups excluding carboxylic acids is 1. The lowest BCUT2D eigenvalue weighted by atomic mass is 10.1. The Morgan fingerprint density at radius 3 is 2.61 bits per heavy atom. The smallest absolute Gasteiger partial charge is 0.222 e. The average molecular weight is 254 g/mol. The van der Waals surface area contributed by atoms with Crippen LogP contribution in [0.25, 0.3) is 0 Å². The summed E-state index contributed by atoms with van der Waals surface area (Å²) in [7, 11) is 0. The molecule has 1 unspecified atom stereocenters. The first-order chi connectivity index (χ1) is 8.74. The quantitative estimate of drug-likeness (QED) is 0.608. The molecule has 0 saturated carbocycles. The molecule has 0 bridgehead atoms. The van der Waals surface area contributed by atoms with Crippen LogP contribution in [0.2, 0.25) is 0 Å². The number of amides is 1. The maximum absolute atomic E-state index is 11.5. The van der Waals surface area contributed by atoms with Crippen molar-refractivity contribution in [2.45, 2.75) is 71.3 Å². The van der Waals surface area contributed by atoms with Gasteiger partial charge >= 0.3 is 0 Å². The molecule has 0 radical (unpaired) electrons. The normalized spacial score (nSPS) is 17.4. The minimum Gasteiger partial charge on any atom is -0.341 e. The maximum atomic E-state index is 11.5. The Kier molecular flexibility index (Phi) is 8.06. The number of nitrogens with one attached hydrogen (secondary N) is 1. The third-order valence-corrected chi connectivity index (χ3v) is 3.69. The third kappa shape index (κ3) is 6.39. The Bertz CT molecular complexity index is 231. The molecule has 1 aliphatic heterocycles. The maximum Gasteiger partial charge on any atom is 0.222 e. The minimum atomic E-state index is 0.336. The molecule has 0 aromatic heterocycles. The molecule has 1 fully saturated rings. The predicted molar refractivity (Wildman–Crippen MR) is 76.7 cm³/mol. The van der Waals surface area contributed by atoms with Crippen molar-refractivity contribution < 1.29 is 4.79 Å². The molecule has 0 aromatic rings. The van der Waals surface area contributed by atoms with Crippen LogP contribution in [0.4, 0.5) is 0 Å². The molecule has 18 heavy (non-hydrogen) atoms. The van der Waals surface area contributed by atoms with E-state index in [-0.39, 0.29) is 0 Å². The van der Waals surface area contributed by atoms with E-state index < -0.39 is 0 Å². The van der Waals surface area contributed by atoms with E-state index in [4.69, 9.17) is 0 Å². The number of nitrogens with zero attached hydrogens (tertiary/aromatic N) is 1. The van der Waals surface area contributed by atoms with Crippen molar-refractivity contribution in [2.75, 3.05) is 19.6 Å². The van der Waals surface area contributed by atoms with E-state index in [0.717, 1.165) is 32.5 Å². The highest BCUT2D eigenvalue weighted by molar-refractivity contribution is 5.78. The number of rotatable bonds is 10. The van der Waals surface area contributed by atoms with Gasteiger partial charge in [-0.1, -0.05) is 39.0 Å². The van der Waals surface area contributed by atoms with E-state index in [1.54, 1.807) is 0 Å². The van der Waals surface area contributed by atoms with E-state index in [1.165, 1.54) is 38.5 Å². The second kappa shape index (κ2) is 9.37. The van der Waals surface area contributed by atoms with Crippen LogP contribution in [0.5, 0.6) is 0 Å². The van der Waals surface area contributed by atoms with Gasteiger partial charge in [-0.2, -0.15) is 0 Å². The summed E-state index contributed by atoms with van der Waals surface area (Å²) < 4.78 is 0. The zero-order valence-electron chi connectivity index (χ0n) is 12.2. The first-order valence-corrected chi connectivity index (χ1v) is 7.75. The lowest BCUT2D eigenvalue weighted by molar-refractivity contribution is -0.127. The molecule has 106 valence electrons.